The van der Waals surface area contributed by atoms with Crippen molar-refractivity contribution in [2.24, 2.45) is 0 Å². The smallest absolute Gasteiger partial charge is 0.407 e. The fraction of sp³-hybridized carbons (Fsp3) is 0.423. The fourth-order valence-electron chi connectivity index (χ4n) is 4.98. The highest BCUT2D eigenvalue weighted by molar-refractivity contribution is 7.99. The first kappa shape index (κ1) is 24.1. The minimum absolute atomic E-state index is 0.00200. The molecule has 0 saturated heterocycles. The molecule has 2 aliphatic rings. The summed E-state index contributed by atoms with van der Waals surface area (Å²) in [7, 11) is 0. The molecular formula is C26H30N2O5S. The third kappa shape index (κ3) is 5.38. The fourth-order valence-corrected chi connectivity index (χ4v) is 5.91. The number of ether oxygens (including phenoxy) is 1. The van der Waals surface area contributed by atoms with Gasteiger partial charge < -0.3 is 20.5 Å². The molecule has 0 aliphatic heterocycles. The predicted molar refractivity (Wildman–Crippen MR) is 132 cm³/mol. The standard InChI is InChI=1S/C26H30N2O5S/c1-34-23-12-6-11-21(23)27-25(31)22(13-14-24(29)30)28-26(32)33-15-20-18-9-4-2-7-16(18)17-8-3-5-10-19(17)20/h2-5,7-10,20-23H,6,11-15H2,1H3,(H,27,31)(H,28,32)(H,29,30). The molecule has 0 bridgehead atoms. The van der Waals surface area contributed by atoms with Gasteiger partial charge in [-0.3, -0.25) is 9.59 Å². The number of hydrogen-bond acceptors (Lipinski definition) is 5. The van der Waals surface area contributed by atoms with Crippen LogP contribution in [0.15, 0.2) is 48.5 Å². The summed E-state index contributed by atoms with van der Waals surface area (Å²) in [6.07, 6.45) is 4.03. The number of hydrogen-bond donors (Lipinski definition) is 3. The number of carboxylic acid groups (broad SMARTS) is 1. The van der Waals surface area contributed by atoms with E-state index in [0.29, 0.717) is 5.25 Å². The maximum atomic E-state index is 12.9. The predicted octanol–water partition coefficient (Wildman–Crippen LogP) is 4.16. The molecule has 2 amide bonds. The zero-order chi connectivity index (χ0) is 24.1. The normalized spacial score (nSPS) is 19.7. The Morgan fingerprint density at radius 2 is 1.71 bits per heavy atom. The Hall–Kier alpha value is -3.00. The second kappa shape index (κ2) is 11.0. The zero-order valence-corrected chi connectivity index (χ0v) is 20.0. The number of thioether (sulfide) groups is 1. The molecular weight excluding hydrogens is 452 g/mol. The van der Waals surface area contributed by atoms with Gasteiger partial charge in [-0.1, -0.05) is 55.0 Å². The van der Waals surface area contributed by atoms with Crippen LogP contribution < -0.4 is 10.6 Å². The quantitative estimate of drug-likeness (QED) is 0.496. The molecule has 0 spiro atoms. The van der Waals surface area contributed by atoms with Crippen LogP contribution in [-0.4, -0.2) is 53.3 Å². The van der Waals surface area contributed by atoms with E-state index in [9.17, 15) is 14.4 Å². The first-order valence-electron chi connectivity index (χ1n) is 11.6. The van der Waals surface area contributed by atoms with E-state index in [0.717, 1.165) is 41.5 Å². The van der Waals surface area contributed by atoms with Gasteiger partial charge in [0.25, 0.3) is 0 Å². The SMILES string of the molecule is CSC1CCCC1NC(=O)C(CCC(=O)O)NC(=O)OCC1c2ccccc2-c2ccccc21. The van der Waals surface area contributed by atoms with Crippen molar-refractivity contribution in [2.75, 3.05) is 12.9 Å². The zero-order valence-electron chi connectivity index (χ0n) is 19.2. The Kier molecular flexibility index (Phi) is 7.77. The summed E-state index contributed by atoms with van der Waals surface area (Å²) in [5, 5.41) is 15.0. The van der Waals surface area contributed by atoms with Crippen molar-refractivity contribution in [1.82, 2.24) is 10.6 Å². The van der Waals surface area contributed by atoms with Crippen LogP contribution >= 0.6 is 11.8 Å². The van der Waals surface area contributed by atoms with E-state index in [1.54, 1.807) is 11.8 Å². The van der Waals surface area contributed by atoms with Crippen molar-refractivity contribution < 1.29 is 24.2 Å². The lowest BCUT2D eigenvalue weighted by molar-refractivity contribution is -0.137. The van der Waals surface area contributed by atoms with E-state index in [1.165, 1.54) is 0 Å². The Morgan fingerprint density at radius 3 is 2.32 bits per heavy atom. The van der Waals surface area contributed by atoms with Gasteiger partial charge in [-0.25, -0.2) is 4.79 Å². The van der Waals surface area contributed by atoms with E-state index in [4.69, 9.17) is 9.84 Å². The average molecular weight is 483 g/mol. The molecule has 34 heavy (non-hydrogen) atoms. The summed E-state index contributed by atoms with van der Waals surface area (Å²) in [5.41, 5.74) is 4.46. The van der Waals surface area contributed by atoms with Crippen molar-refractivity contribution >= 4 is 29.7 Å². The molecule has 2 aliphatic carbocycles. The summed E-state index contributed by atoms with van der Waals surface area (Å²) in [6.45, 7) is 0.129. The van der Waals surface area contributed by atoms with Crippen LogP contribution in [0.1, 0.15) is 49.1 Å². The van der Waals surface area contributed by atoms with E-state index < -0.39 is 18.1 Å². The van der Waals surface area contributed by atoms with Crippen molar-refractivity contribution in [1.29, 1.82) is 0 Å². The Balaban J connectivity index is 1.40. The van der Waals surface area contributed by atoms with Crippen LogP contribution in [0, 0.1) is 0 Å². The van der Waals surface area contributed by atoms with Crippen molar-refractivity contribution in [3.63, 3.8) is 0 Å². The largest absolute Gasteiger partial charge is 0.481 e. The van der Waals surface area contributed by atoms with Crippen LogP contribution in [0.2, 0.25) is 0 Å². The molecule has 0 aromatic heterocycles. The van der Waals surface area contributed by atoms with E-state index in [1.807, 2.05) is 42.7 Å². The molecule has 3 N–H and O–H groups in total. The molecule has 4 rings (SSSR count). The maximum Gasteiger partial charge on any atom is 0.407 e. The molecule has 1 fully saturated rings. The lowest BCUT2D eigenvalue weighted by Gasteiger charge is -2.24. The first-order valence-corrected chi connectivity index (χ1v) is 12.9. The Bertz CT molecular complexity index is 1010. The summed E-state index contributed by atoms with van der Waals surface area (Å²) in [5.74, 6) is -1.47. The highest BCUT2D eigenvalue weighted by Crippen LogP contribution is 2.44. The van der Waals surface area contributed by atoms with Gasteiger partial charge in [-0.15, -0.1) is 0 Å². The van der Waals surface area contributed by atoms with Gasteiger partial charge in [0.1, 0.15) is 12.6 Å². The molecule has 180 valence electrons. The summed E-state index contributed by atoms with van der Waals surface area (Å²) >= 11 is 1.72. The second-order valence-corrected chi connectivity index (χ2v) is 9.85. The van der Waals surface area contributed by atoms with Gasteiger partial charge in [0.2, 0.25) is 5.91 Å². The number of carbonyl (C=O) groups is 3. The summed E-state index contributed by atoms with van der Waals surface area (Å²) < 4.78 is 5.56. The Morgan fingerprint density at radius 1 is 1.06 bits per heavy atom. The molecule has 1 saturated carbocycles. The van der Waals surface area contributed by atoms with Crippen LogP contribution in [-0.2, 0) is 14.3 Å². The lowest BCUT2D eigenvalue weighted by atomic mass is 9.98. The first-order chi connectivity index (χ1) is 16.5. The molecule has 0 radical (unpaired) electrons. The number of carbonyl (C=O) groups excluding carboxylic acids is 2. The number of amides is 2. The molecule has 3 atom stereocenters. The number of benzene rings is 2. The topological polar surface area (TPSA) is 105 Å². The van der Waals surface area contributed by atoms with Crippen LogP contribution in [0.4, 0.5) is 4.79 Å². The van der Waals surface area contributed by atoms with Gasteiger partial charge in [-0.2, -0.15) is 11.8 Å². The maximum absolute atomic E-state index is 12.9. The van der Waals surface area contributed by atoms with Crippen molar-refractivity contribution in [2.45, 2.75) is 55.4 Å². The minimum Gasteiger partial charge on any atom is -0.481 e. The van der Waals surface area contributed by atoms with Gasteiger partial charge in [0.05, 0.1) is 0 Å². The summed E-state index contributed by atoms with van der Waals surface area (Å²) in [4.78, 5) is 36.7. The van der Waals surface area contributed by atoms with E-state index in [2.05, 4.69) is 22.8 Å². The molecule has 2 aromatic rings. The molecule has 7 nitrogen and oxygen atoms in total. The number of fused-ring (bicyclic) bond motifs is 3. The van der Waals surface area contributed by atoms with Gasteiger partial charge in [0.15, 0.2) is 0 Å². The number of aliphatic carboxylic acids is 1. The van der Waals surface area contributed by atoms with Crippen molar-refractivity contribution in [3.8, 4) is 11.1 Å². The van der Waals surface area contributed by atoms with Crippen LogP contribution in [0.25, 0.3) is 11.1 Å². The average Bonchev–Trinajstić information content (AvgIpc) is 3.42. The van der Waals surface area contributed by atoms with Crippen LogP contribution in [0.3, 0.4) is 0 Å². The molecule has 0 heterocycles. The second-order valence-electron chi connectivity index (χ2n) is 8.78. The number of carboxylic acids is 1. The number of nitrogens with one attached hydrogen (secondary N) is 2. The lowest BCUT2D eigenvalue weighted by Crippen LogP contribution is -2.51. The highest BCUT2D eigenvalue weighted by Gasteiger charge is 2.32. The number of rotatable bonds is 9. The van der Waals surface area contributed by atoms with Crippen molar-refractivity contribution in [3.05, 3.63) is 59.7 Å². The van der Waals surface area contributed by atoms with Crippen LogP contribution in [0.5, 0.6) is 0 Å². The minimum atomic E-state index is -1.02. The molecule has 2 aromatic carbocycles. The number of alkyl carbamates (subject to hydrolysis) is 1. The summed E-state index contributed by atoms with van der Waals surface area (Å²) in [6, 6.07) is 15.2. The van der Waals surface area contributed by atoms with E-state index in [-0.39, 0.29) is 37.3 Å². The van der Waals surface area contributed by atoms with E-state index >= 15 is 0 Å². The van der Waals surface area contributed by atoms with Gasteiger partial charge >= 0.3 is 12.1 Å². The van der Waals surface area contributed by atoms with Gasteiger partial charge in [-0.05, 0) is 47.8 Å². The third-order valence-corrected chi connectivity index (χ3v) is 7.85. The van der Waals surface area contributed by atoms with Gasteiger partial charge in [0, 0.05) is 23.6 Å². The molecule has 3 unspecified atom stereocenters. The Labute approximate surface area is 203 Å². The monoisotopic (exact) mass is 482 g/mol. The third-order valence-electron chi connectivity index (χ3n) is 6.68. The highest BCUT2D eigenvalue weighted by atomic mass is 32.2. The molecule has 8 heteroatoms.